The number of nitrogens with one attached hydrogen (secondary N) is 1. The maximum absolute atomic E-state index is 5.58. The second kappa shape index (κ2) is 5.53. The quantitative estimate of drug-likeness (QED) is 0.907. The first-order valence-corrected chi connectivity index (χ1v) is 6.93. The van der Waals surface area contributed by atoms with Crippen LogP contribution in [0.25, 0.3) is 0 Å². The van der Waals surface area contributed by atoms with Gasteiger partial charge in [0.2, 0.25) is 0 Å². The lowest BCUT2D eigenvalue weighted by atomic mass is 9.87. The molecule has 4 heteroatoms. The van der Waals surface area contributed by atoms with E-state index in [0.29, 0.717) is 12.1 Å². The van der Waals surface area contributed by atoms with Crippen LogP contribution in [0.2, 0.25) is 0 Å². The zero-order valence-electron chi connectivity index (χ0n) is 13.7. The van der Waals surface area contributed by atoms with Crippen LogP contribution in [0.3, 0.4) is 0 Å². The average Bonchev–Trinajstić information content (AvgIpc) is 2.70. The van der Waals surface area contributed by atoms with Gasteiger partial charge in [0.05, 0.1) is 5.69 Å². The molecule has 0 aromatic carbocycles. The molecule has 0 bridgehead atoms. The van der Waals surface area contributed by atoms with Gasteiger partial charge in [-0.1, -0.05) is 20.8 Å². The summed E-state index contributed by atoms with van der Waals surface area (Å²) in [6, 6.07) is 1.04. The molecule has 0 saturated carbocycles. The van der Waals surface area contributed by atoms with E-state index in [1.54, 1.807) is 6.26 Å². The fraction of sp³-hybridized carbons (Fsp3) is 0.800. The van der Waals surface area contributed by atoms with E-state index in [0.717, 1.165) is 12.2 Å². The van der Waals surface area contributed by atoms with Gasteiger partial charge in [-0.25, -0.2) is 0 Å². The molecular formula is C15H29N3O. The van der Waals surface area contributed by atoms with Gasteiger partial charge in [-0.3, -0.25) is 0 Å². The van der Waals surface area contributed by atoms with Gasteiger partial charge < -0.3 is 14.6 Å². The lowest BCUT2D eigenvalue weighted by Gasteiger charge is -2.34. The Morgan fingerprint density at radius 1 is 1.26 bits per heavy atom. The summed E-state index contributed by atoms with van der Waals surface area (Å²) in [7, 11) is 2.03. The third-order valence-corrected chi connectivity index (χ3v) is 3.48. The van der Waals surface area contributed by atoms with Crippen molar-refractivity contribution >= 4 is 6.01 Å². The fourth-order valence-electron chi connectivity index (χ4n) is 1.64. The van der Waals surface area contributed by atoms with Crippen molar-refractivity contribution in [3.8, 4) is 0 Å². The first-order chi connectivity index (χ1) is 8.50. The molecular weight excluding hydrogens is 238 g/mol. The maximum Gasteiger partial charge on any atom is 0.297 e. The highest BCUT2D eigenvalue weighted by atomic mass is 16.4. The summed E-state index contributed by atoms with van der Waals surface area (Å²) in [5.41, 5.74) is 1.22. The Morgan fingerprint density at radius 3 is 2.32 bits per heavy atom. The van der Waals surface area contributed by atoms with Gasteiger partial charge in [0.25, 0.3) is 6.01 Å². The van der Waals surface area contributed by atoms with Gasteiger partial charge in [-0.15, -0.1) is 0 Å². The molecule has 1 unspecified atom stereocenters. The fourth-order valence-corrected chi connectivity index (χ4v) is 1.64. The normalized spacial score (nSPS) is 14.5. The van der Waals surface area contributed by atoms with E-state index >= 15 is 0 Å². The highest BCUT2D eigenvalue weighted by molar-refractivity contribution is 5.28. The van der Waals surface area contributed by atoms with Crippen molar-refractivity contribution in [1.29, 1.82) is 0 Å². The van der Waals surface area contributed by atoms with E-state index in [-0.39, 0.29) is 11.0 Å². The molecule has 1 aromatic heterocycles. The molecule has 19 heavy (non-hydrogen) atoms. The number of hydrogen-bond donors (Lipinski definition) is 1. The second-order valence-corrected chi connectivity index (χ2v) is 7.38. The van der Waals surface area contributed by atoms with E-state index in [1.807, 2.05) is 7.05 Å². The van der Waals surface area contributed by atoms with Gasteiger partial charge in [-0.2, -0.15) is 4.98 Å². The second-order valence-electron chi connectivity index (χ2n) is 7.38. The van der Waals surface area contributed by atoms with Crippen LogP contribution >= 0.6 is 0 Å². The van der Waals surface area contributed by atoms with Gasteiger partial charge in [0, 0.05) is 25.2 Å². The van der Waals surface area contributed by atoms with Crippen LogP contribution in [0.5, 0.6) is 0 Å². The summed E-state index contributed by atoms with van der Waals surface area (Å²) in [4.78, 5) is 6.64. The molecule has 1 atom stereocenters. The van der Waals surface area contributed by atoms with Crippen molar-refractivity contribution in [3.63, 3.8) is 0 Å². The molecule has 0 amide bonds. The molecule has 1 rings (SSSR count). The molecule has 0 radical (unpaired) electrons. The molecule has 0 aliphatic heterocycles. The number of nitrogens with zero attached hydrogens (tertiary/aromatic N) is 2. The molecule has 1 N–H and O–H groups in total. The zero-order chi connectivity index (χ0) is 14.8. The van der Waals surface area contributed by atoms with E-state index in [4.69, 9.17) is 4.42 Å². The van der Waals surface area contributed by atoms with Crippen molar-refractivity contribution in [2.45, 2.75) is 66.6 Å². The predicted octanol–water partition coefficient (Wildman–Crippen LogP) is 3.43. The molecule has 110 valence electrons. The maximum atomic E-state index is 5.58. The van der Waals surface area contributed by atoms with E-state index in [9.17, 15) is 0 Å². The Hall–Kier alpha value is -1.03. The van der Waals surface area contributed by atoms with Crippen molar-refractivity contribution in [1.82, 2.24) is 10.3 Å². The molecule has 1 heterocycles. The van der Waals surface area contributed by atoms with Crippen molar-refractivity contribution in [3.05, 3.63) is 12.0 Å². The number of aromatic nitrogens is 1. The Morgan fingerprint density at radius 2 is 1.84 bits per heavy atom. The minimum absolute atomic E-state index is 0.0870. The number of rotatable bonds is 4. The zero-order valence-corrected chi connectivity index (χ0v) is 13.7. The summed E-state index contributed by atoms with van der Waals surface area (Å²) in [5.74, 6) is 0. The first-order valence-electron chi connectivity index (χ1n) is 6.93. The third kappa shape index (κ3) is 4.86. The third-order valence-electron chi connectivity index (χ3n) is 3.48. The standard InChI is InChI=1S/C15H29N3O/c1-11(14(2,3)4)18(8)13-17-12(10-19-13)9-16-15(5,6)7/h10-11,16H,9H2,1-8H3. The van der Waals surface area contributed by atoms with Crippen molar-refractivity contribution in [2.24, 2.45) is 5.41 Å². The minimum Gasteiger partial charge on any atom is -0.432 e. The Bertz CT molecular complexity index is 398. The molecule has 0 aliphatic carbocycles. The van der Waals surface area contributed by atoms with Crippen LogP contribution in [-0.2, 0) is 6.54 Å². The molecule has 0 spiro atoms. The minimum atomic E-state index is 0.0870. The predicted molar refractivity (Wildman–Crippen MR) is 80.4 cm³/mol. The number of hydrogen-bond acceptors (Lipinski definition) is 4. The van der Waals surface area contributed by atoms with Gasteiger partial charge in [0.1, 0.15) is 6.26 Å². The lowest BCUT2D eigenvalue weighted by molar-refractivity contribution is 0.318. The summed E-state index contributed by atoms with van der Waals surface area (Å²) >= 11 is 0. The van der Waals surface area contributed by atoms with Crippen LogP contribution < -0.4 is 10.2 Å². The monoisotopic (exact) mass is 267 g/mol. The highest BCUT2D eigenvalue weighted by Gasteiger charge is 2.26. The topological polar surface area (TPSA) is 41.3 Å². The molecule has 4 nitrogen and oxygen atoms in total. The van der Waals surface area contributed by atoms with Crippen molar-refractivity contribution in [2.75, 3.05) is 11.9 Å². The van der Waals surface area contributed by atoms with E-state index in [1.165, 1.54) is 0 Å². The van der Waals surface area contributed by atoms with Crippen LogP contribution in [0.4, 0.5) is 6.01 Å². The SMILES string of the molecule is CC(N(C)c1nc(CNC(C)(C)C)co1)C(C)(C)C. The van der Waals surface area contributed by atoms with Crippen LogP contribution in [0.15, 0.2) is 10.7 Å². The highest BCUT2D eigenvalue weighted by Crippen LogP contribution is 2.26. The van der Waals surface area contributed by atoms with Gasteiger partial charge >= 0.3 is 0 Å². The van der Waals surface area contributed by atoms with E-state index in [2.05, 4.69) is 63.7 Å². The molecule has 0 fully saturated rings. The smallest absolute Gasteiger partial charge is 0.297 e. The van der Waals surface area contributed by atoms with E-state index < -0.39 is 0 Å². The summed E-state index contributed by atoms with van der Waals surface area (Å²) in [5, 5.41) is 3.41. The molecule has 0 saturated heterocycles. The summed E-state index contributed by atoms with van der Waals surface area (Å²) in [6.07, 6.45) is 1.74. The van der Waals surface area contributed by atoms with Gasteiger partial charge in [-0.05, 0) is 33.1 Å². The van der Waals surface area contributed by atoms with Crippen LogP contribution in [0, 0.1) is 5.41 Å². The first kappa shape index (κ1) is 16.0. The lowest BCUT2D eigenvalue weighted by Crippen LogP contribution is -2.39. The Kier molecular flexibility index (Phi) is 4.67. The molecule has 0 aliphatic rings. The Balaban J connectivity index is 2.69. The Labute approximate surface area is 117 Å². The summed E-state index contributed by atoms with van der Waals surface area (Å²) < 4.78 is 5.58. The van der Waals surface area contributed by atoms with Crippen molar-refractivity contribution < 1.29 is 4.42 Å². The largest absolute Gasteiger partial charge is 0.432 e. The van der Waals surface area contributed by atoms with Gasteiger partial charge in [0.15, 0.2) is 0 Å². The number of anilines is 1. The molecule has 1 aromatic rings. The summed E-state index contributed by atoms with van der Waals surface area (Å²) in [6.45, 7) is 16.0. The average molecular weight is 267 g/mol. The number of oxazole rings is 1. The van der Waals surface area contributed by atoms with Crippen LogP contribution in [-0.4, -0.2) is 23.6 Å². The van der Waals surface area contributed by atoms with Crippen LogP contribution in [0.1, 0.15) is 54.2 Å².